The number of nitrogens with zero attached hydrogens (tertiary/aromatic N) is 2. The van der Waals surface area contributed by atoms with Gasteiger partial charge in [0.15, 0.2) is 0 Å². The van der Waals surface area contributed by atoms with Crippen molar-refractivity contribution < 1.29 is 0 Å². The molecule has 2 nitrogen and oxygen atoms in total. The zero-order valence-electron chi connectivity index (χ0n) is 8.75. The predicted molar refractivity (Wildman–Crippen MR) is 62.3 cm³/mol. The molecule has 0 aliphatic rings. The molecule has 78 valence electrons. The summed E-state index contributed by atoms with van der Waals surface area (Å²) in [7, 11) is 0. The maximum atomic E-state index is 5.63. The number of rotatable bonds is 4. The van der Waals surface area contributed by atoms with Crippen molar-refractivity contribution in [1.29, 1.82) is 0 Å². The van der Waals surface area contributed by atoms with E-state index in [0.29, 0.717) is 11.8 Å². The maximum Gasteiger partial charge on any atom is 0.132 e. The van der Waals surface area contributed by atoms with Gasteiger partial charge in [0.05, 0.1) is 0 Å². The molecule has 14 heavy (non-hydrogen) atoms. The average Bonchev–Trinajstić information content (AvgIpc) is 2.14. The molecule has 4 heteroatoms. The Bertz CT molecular complexity index is 302. The SMILES string of the molecule is Cc1cc(SCCCl)nc(C(C)C)n1. The van der Waals surface area contributed by atoms with Crippen molar-refractivity contribution in [2.45, 2.75) is 31.7 Å². The fraction of sp³-hybridized carbons (Fsp3) is 0.600. The van der Waals surface area contributed by atoms with Crippen LogP contribution in [-0.2, 0) is 0 Å². The summed E-state index contributed by atoms with van der Waals surface area (Å²) in [5.41, 5.74) is 1.03. The third-order valence-corrected chi connectivity index (χ3v) is 3.02. The van der Waals surface area contributed by atoms with Crippen molar-refractivity contribution in [2.24, 2.45) is 0 Å². The fourth-order valence-corrected chi connectivity index (χ4v) is 1.97. The zero-order chi connectivity index (χ0) is 10.6. The quantitative estimate of drug-likeness (QED) is 0.451. The molecule has 1 rings (SSSR count). The summed E-state index contributed by atoms with van der Waals surface area (Å²) in [4.78, 5) is 8.85. The molecule has 0 amide bonds. The Morgan fingerprint density at radius 3 is 2.71 bits per heavy atom. The zero-order valence-corrected chi connectivity index (χ0v) is 10.3. The first kappa shape index (κ1) is 11.8. The van der Waals surface area contributed by atoms with Gasteiger partial charge >= 0.3 is 0 Å². The number of thioether (sulfide) groups is 1. The van der Waals surface area contributed by atoms with Gasteiger partial charge in [0.1, 0.15) is 10.9 Å². The van der Waals surface area contributed by atoms with Gasteiger partial charge in [-0.3, -0.25) is 0 Å². The van der Waals surface area contributed by atoms with Crippen LogP contribution < -0.4 is 0 Å². The Hall–Kier alpha value is -0.280. The first-order valence-electron chi connectivity index (χ1n) is 4.68. The van der Waals surface area contributed by atoms with Crippen molar-refractivity contribution in [2.75, 3.05) is 11.6 Å². The summed E-state index contributed by atoms with van der Waals surface area (Å²) >= 11 is 7.31. The number of alkyl halides is 1. The molecule has 1 aromatic heterocycles. The van der Waals surface area contributed by atoms with E-state index >= 15 is 0 Å². The molecular formula is C10H15ClN2S. The summed E-state index contributed by atoms with van der Waals surface area (Å²) in [5, 5.41) is 1.03. The number of hydrogen-bond donors (Lipinski definition) is 0. The second-order valence-electron chi connectivity index (χ2n) is 3.40. The molecule has 0 aliphatic carbocycles. The molecule has 0 radical (unpaired) electrons. The summed E-state index contributed by atoms with van der Waals surface area (Å²) in [6.07, 6.45) is 0. The lowest BCUT2D eigenvalue weighted by atomic mass is 10.2. The van der Waals surface area contributed by atoms with Crippen LogP contribution in [0.15, 0.2) is 11.1 Å². The van der Waals surface area contributed by atoms with Gasteiger partial charge in [0, 0.05) is 23.2 Å². The molecule has 0 unspecified atom stereocenters. The van der Waals surface area contributed by atoms with Crippen molar-refractivity contribution in [1.82, 2.24) is 9.97 Å². The van der Waals surface area contributed by atoms with Gasteiger partial charge in [-0.1, -0.05) is 13.8 Å². The fourth-order valence-electron chi connectivity index (χ4n) is 1.04. The molecule has 0 fully saturated rings. The molecule has 0 atom stereocenters. The lowest BCUT2D eigenvalue weighted by molar-refractivity contribution is 0.744. The molecule has 0 saturated carbocycles. The van der Waals surface area contributed by atoms with Crippen molar-refractivity contribution in [3.05, 3.63) is 17.6 Å². The van der Waals surface area contributed by atoms with Gasteiger partial charge in [0.2, 0.25) is 0 Å². The molecule has 0 saturated heterocycles. The Kier molecular flexibility index (Phi) is 4.69. The van der Waals surface area contributed by atoms with Crippen molar-refractivity contribution in [3.63, 3.8) is 0 Å². The van der Waals surface area contributed by atoms with Crippen molar-refractivity contribution in [3.8, 4) is 0 Å². The minimum Gasteiger partial charge on any atom is -0.238 e. The number of aromatic nitrogens is 2. The van der Waals surface area contributed by atoms with Gasteiger partial charge in [-0.2, -0.15) is 0 Å². The molecule has 0 aliphatic heterocycles. The Labute approximate surface area is 94.5 Å². The van der Waals surface area contributed by atoms with E-state index < -0.39 is 0 Å². The van der Waals surface area contributed by atoms with E-state index in [1.807, 2.05) is 13.0 Å². The lowest BCUT2D eigenvalue weighted by Gasteiger charge is -2.07. The topological polar surface area (TPSA) is 25.8 Å². The van der Waals surface area contributed by atoms with Crippen LogP contribution in [0.25, 0.3) is 0 Å². The Morgan fingerprint density at radius 2 is 2.14 bits per heavy atom. The normalized spacial score (nSPS) is 10.9. The third-order valence-electron chi connectivity index (χ3n) is 1.69. The van der Waals surface area contributed by atoms with E-state index in [-0.39, 0.29) is 0 Å². The first-order chi connectivity index (χ1) is 6.63. The molecule has 1 heterocycles. The van der Waals surface area contributed by atoms with Gasteiger partial charge in [-0.15, -0.1) is 23.4 Å². The second kappa shape index (κ2) is 5.56. The second-order valence-corrected chi connectivity index (χ2v) is 4.89. The highest BCUT2D eigenvalue weighted by atomic mass is 35.5. The third kappa shape index (κ3) is 3.46. The van der Waals surface area contributed by atoms with Crippen LogP contribution in [0.3, 0.4) is 0 Å². The minimum absolute atomic E-state index is 0.380. The molecule has 0 aromatic carbocycles. The molecule has 0 N–H and O–H groups in total. The monoisotopic (exact) mass is 230 g/mol. The van der Waals surface area contributed by atoms with Gasteiger partial charge in [-0.25, -0.2) is 9.97 Å². The van der Waals surface area contributed by atoms with E-state index in [0.717, 1.165) is 22.3 Å². The minimum atomic E-state index is 0.380. The first-order valence-corrected chi connectivity index (χ1v) is 6.20. The molecular weight excluding hydrogens is 216 g/mol. The van der Waals surface area contributed by atoms with Crippen LogP contribution in [0, 0.1) is 6.92 Å². The predicted octanol–water partition coefficient (Wildman–Crippen LogP) is 3.24. The van der Waals surface area contributed by atoms with E-state index in [4.69, 9.17) is 11.6 Å². The lowest BCUT2D eigenvalue weighted by Crippen LogP contribution is -2.00. The molecule has 1 aromatic rings. The van der Waals surface area contributed by atoms with Crippen LogP contribution >= 0.6 is 23.4 Å². The number of aryl methyl sites for hydroxylation is 1. The van der Waals surface area contributed by atoms with Crippen LogP contribution in [0.1, 0.15) is 31.3 Å². The summed E-state index contributed by atoms with van der Waals surface area (Å²) in [5.74, 6) is 2.85. The highest BCUT2D eigenvalue weighted by Crippen LogP contribution is 2.19. The van der Waals surface area contributed by atoms with Gasteiger partial charge < -0.3 is 0 Å². The van der Waals surface area contributed by atoms with Crippen LogP contribution in [-0.4, -0.2) is 21.6 Å². The Balaban J connectivity index is 2.84. The summed E-state index contributed by atoms with van der Waals surface area (Å²) in [6.45, 7) is 6.20. The largest absolute Gasteiger partial charge is 0.238 e. The average molecular weight is 231 g/mol. The highest BCUT2D eigenvalue weighted by molar-refractivity contribution is 7.99. The highest BCUT2D eigenvalue weighted by Gasteiger charge is 2.05. The summed E-state index contributed by atoms with van der Waals surface area (Å²) in [6, 6.07) is 2.00. The smallest absolute Gasteiger partial charge is 0.132 e. The molecule has 0 spiro atoms. The van der Waals surface area contributed by atoms with E-state index in [9.17, 15) is 0 Å². The maximum absolute atomic E-state index is 5.63. The summed E-state index contributed by atoms with van der Waals surface area (Å²) < 4.78 is 0. The van der Waals surface area contributed by atoms with Gasteiger partial charge in [-0.05, 0) is 13.0 Å². The van der Waals surface area contributed by atoms with E-state index in [1.54, 1.807) is 11.8 Å². The van der Waals surface area contributed by atoms with Crippen LogP contribution in [0.5, 0.6) is 0 Å². The molecule has 0 bridgehead atoms. The van der Waals surface area contributed by atoms with Crippen molar-refractivity contribution >= 4 is 23.4 Å². The van der Waals surface area contributed by atoms with E-state index in [2.05, 4.69) is 23.8 Å². The Morgan fingerprint density at radius 1 is 1.43 bits per heavy atom. The van der Waals surface area contributed by atoms with E-state index in [1.165, 1.54) is 0 Å². The number of halogens is 1. The number of hydrogen-bond acceptors (Lipinski definition) is 3. The standard InChI is InChI=1S/C10H15ClN2S/c1-7(2)10-12-8(3)6-9(13-10)14-5-4-11/h6-7H,4-5H2,1-3H3. The van der Waals surface area contributed by atoms with Gasteiger partial charge in [0.25, 0.3) is 0 Å². The van der Waals surface area contributed by atoms with Crippen LogP contribution in [0.4, 0.5) is 0 Å². The van der Waals surface area contributed by atoms with Crippen LogP contribution in [0.2, 0.25) is 0 Å².